The number of allylic oxidation sites excluding steroid dienone is 2. The number of aldehydes is 1. The number of halogens is 3. The third-order valence-corrected chi connectivity index (χ3v) is 3.40. The Morgan fingerprint density at radius 1 is 1.26 bits per heavy atom. The van der Waals surface area contributed by atoms with E-state index in [4.69, 9.17) is 0 Å². The van der Waals surface area contributed by atoms with E-state index in [0.717, 1.165) is 6.08 Å². The van der Waals surface area contributed by atoms with Crippen LogP contribution in [0.25, 0.3) is 5.70 Å². The summed E-state index contributed by atoms with van der Waals surface area (Å²) in [6, 6.07) is 8.19. The molecule has 2 rings (SSSR count). The average molecular weight is 325 g/mol. The van der Waals surface area contributed by atoms with Crippen LogP contribution >= 0.6 is 0 Å². The first-order valence-electron chi connectivity index (χ1n) is 6.82. The average Bonchev–Trinajstić information content (AvgIpc) is 2.54. The minimum absolute atomic E-state index is 0.00961. The van der Waals surface area contributed by atoms with Gasteiger partial charge in [0, 0.05) is 11.3 Å². The molecular weight excluding hydrogens is 311 g/mol. The van der Waals surface area contributed by atoms with Gasteiger partial charge >= 0.3 is 12.1 Å². The van der Waals surface area contributed by atoms with E-state index in [0.29, 0.717) is 5.56 Å². The Hall–Kier alpha value is -2.57. The van der Waals surface area contributed by atoms with Gasteiger partial charge in [-0.3, -0.25) is 4.79 Å². The monoisotopic (exact) mass is 325 g/mol. The molecule has 1 N–H and O–H groups in total. The van der Waals surface area contributed by atoms with Gasteiger partial charge in [-0.05, 0) is 18.6 Å². The summed E-state index contributed by atoms with van der Waals surface area (Å²) in [6.45, 7) is 1.15. The number of benzene rings is 1. The Morgan fingerprint density at radius 3 is 2.43 bits per heavy atom. The lowest BCUT2D eigenvalue weighted by atomic mass is 9.85. The summed E-state index contributed by atoms with van der Waals surface area (Å²) in [5.41, 5.74) is -3.44. The molecule has 0 spiro atoms. The highest BCUT2D eigenvalue weighted by molar-refractivity contribution is 5.99. The lowest BCUT2D eigenvalue weighted by Crippen LogP contribution is -2.64. The van der Waals surface area contributed by atoms with E-state index in [1.165, 1.54) is 13.0 Å². The van der Waals surface area contributed by atoms with E-state index in [9.17, 15) is 22.8 Å². The van der Waals surface area contributed by atoms with Crippen molar-refractivity contribution in [3.63, 3.8) is 0 Å². The van der Waals surface area contributed by atoms with Crippen LogP contribution in [-0.2, 0) is 14.3 Å². The van der Waals surface area contributed by atoms with Crippen LogP contribution in [0.4, 0.5) is 13.2 Å². The van der Waals surface area contributed by atoms with Crippen molar-refractivity contribution in [3.05, 3.63) is 53.6 Å². The van der Waals surface area contributed by atoms with Gasteiger partial charge in [-0.25, -0.2) is 4.79 Å². The molecule has 1 aromatic rings. The Balaban J connectivity index is 2.58. The zero-order valence-electron chi connectivity index (χ0n) is 12.2. The molecule has 1 aromatic carbocycles. The second kappa shape index (κ2) is 6.28. The van der Waals surface area contributed by atoms with Crippen LogP contribution < -0.4 is 5.32 Å². The summed E-state index contributed by atoms with van der Waals surface area (Å²) in [7, 11) is 0. The summed E-state index contributed by atoms with van der Waals surface area (Å²) in [6.07, 6.45) is -2.74. The van der Waals surface area contributed by atoms with Crippen molar-refractivity contribution in [2.45, 2.75) is 18.6 Å². The molecule has 0 amide bonds. The first-order chi connectivity index (χ1) is 10.9. The first kappa shape index (κ1) is 16.8. The lowest BCUT2D eigenvalue weighted by molar-refractivity contribution is -0.202. The van der Waals surface area contributed by atoms with Crippen molar-refractivity contribution in [1.29, 1.82) is 0 Å². The summed E-state index contributed by atoms with van der Waals surface area (Å²) >= 11 is 0. The van der Waals surface area contributed by atoms with Gasteiger partial charge in [0.2, 0.25) is 0 Å². The van der Waals surface area contributed by atoms with E-state index in [1.807, 2.05) is 0 Å². The number of rotatable bonds is 4. The van der Waals surface area contributed by atoms with Crippen molar-refractivity contribution < 1.29 is 27.5 Å². The molecule has 0 aliphatic carbocycles. The third-order valence-electron chi connectivity index (χ3n) is 3.40. The number of carbonyl (C=O) groups excluding carboxylic acids is 2. The van der Waals surface area contributed by atoms with Crippen LogP contribution in [-0.4, -0.2) is 30.6 Å². The molecule has 0 saturated carbocycles. The van der Waals surface area contributed by atoms with E-state index in [-0.39, 0.29) is 18.6 Å². The molecule has 0 aromatic heterocycles. The zero-order chi connectivity index (χ0) is 17.1. The van der Waals surface area contributed by atoms with Gasteiger partial charge in [0.1, 0.15) is 6.29 Å². The van der Waals surface area contributed by atoms with Crippen molar-refractivity contribution >= 4 is 18.0 Å². The van der Waals surface area contributed by atoms with Crippen molar-refractivity contribution in [3.8, 4) is 0 Å². The molecule has 0 bridgehead atoms. The maximum atomic E-state index is 13.7. The number of alkyl halides is 3. The van der Waals surface area contributed by atoms with Crippen molar-refractivity contribution in [1.82, 2.24) is 5.32 Å². The van der Waals surface area contributed by atoms with Gasteiger partial charge in [0.15, 0.2) is 0 Å². The van der Waals surface area contributed by atoms with Gasteiger partial charge in [-0.1, -0.05) is 36.4 Å². The molecular formula is C16H14F3NO3. The summed E-state index contributed by atoms with van der Waals surface area (Å²) in [4.78, 5) is 23.2. The number of hydrogen-bond donors (Lipinski definition) is 1. The Kier molecular flexibility index (Phi) is 4.58. The number of nitrogens with one attached hydrogen (secondary N) is 1. The highest BCUT2D eigenvalue weighted by atomic mass is 19.4. The fourth-order valence-electron chi connectivity index (χ4n) is 2.29. The SMILES string of the molecule is CCOC(=O)C1(C(F)(F)F)NC(c2ccccc2)=CC=C1C=O. The maximum Gasteiger partial charge on any atom is 0.426 e. The number of dihydropyridines is 1. The van der Waals surface area contributed by atoms with Gasteiger partial charge in [0.05, 0.1) is 6.61 Å². The molecule has 0 fully saturated rings. The first-order valence-corrected chi connectivity index (χ1v) is 6.82. The van der Waals surface area contributed by atoms with Gasteiger partial charge in [-0.2, -0.15) is 13.2 Å². The highest BCUT2D eigenvalue weighted by Gasteiger charge is 2.65. The molecule has 1 atom stereocenters. The molecule has 4 nitrogen and oxygen atoms in total. The molecule has 0 radical (unpaired) electrons. The molecule has 1 unspecified atom stereocenters. The Labute approximate surface area is 130 Å². The van der Waals surface area contributed by atoms with Crippen molar-refractivity contribution in [2.24, 2.45) is 0 Å². The van der Waals surface area contributed by atoms with Gasteiger partial charge in [0.25, 0.3) is 5.54 Å². The number of esters is 1. The van der Waals surface area contributed by atoms with Crippen LogP contribution in [0, 0.1) is 0 Å². The second-order valence-corrected chi connectivity index (χ2v) is 4.78. The number of ether oxygens (including phenoxy) is 1. The number of carbonyl (C=O) groups is 2. The fourth-order valence-corrected chi connectivity index (χ4v) is 2.29. The number of hydrogen-bond acceptors (Lipinski definition) is 4. The Bertz CT molecular complexity index is 665. The van der Waals surface area contributed by atoms with Crippen LogP contribution in [0.3, 0.4) is 0 Å². The molecule has 7 heteroatoms. The lowest BCUT2D eigenvalue weighted by Gasteiger charge is -2.37. The summed E-state index contributed by atoms with van der Waals surface area (Å²) in [5.74, 6) is -1.56. The molecule has 1 aliphatic heterocycles. The highest BCUT2D eigenvalue weighted by Crippen LogP contribution is 2.40. The van der Waals surface area contributed by atoms with Gasteiger partial charge in [-0.15, -0.1) is 0 Å². The molecule has 122 valence electrons. The molecule has 1 aliphatic rings. The summed E-state index contributed by atoms with van der Waals surface area (Å²) < 4.78 is 45.7. The van der Waals surface area contributed by atoms with E-state index < -0.39 is 23.3 Å². The normalized spacial score (nSPS) is 20.9. The second-order valence-electron chi connectivity index (χ2n) is 4.78. The predicted molar refractivity (Wildman–Crippen MR) is 77.1 cm³/mol. The van der Waals surface area contributed by atoms with E-state index >= 15 is 0 Å². The molecule has 0 saturated heterocycles. The van der Waals surface area contributed by atoms with E-state index in [2.05, 4.69) is 10.1 Å². The minimum atomic E-state index is -5.06. The van der Waals surface area contributed by atoms with Crippen LogP contribution in [0.2, 0.25) is 0 Å². The largest absolute Gasteiger partial charge is 0.464 e. The maximum absolute atomic E-state index is 13.7. The third kappa shape index (κ3) is 2.86. The topological polar surface area (TPSA) is 55.4 Å². The Morgan fingerprint density at radius 2 is 1.91 bits per heavy atom. The zero-order valence-corrected chi connectivity index (χ0v) is 12.2. The fraction of sp³-hybridized carbons (Fsp3) is 0.250. The van der Waals surface area contributed by atoms with E-state index in [1.54, 1.807) is 30.3 Å². The molecule has 23 heavy (non-hydrogen) atoms. The van der Waals surface area contributed by atoms with Gasteiger partial charge < -0.3 is 10.1 Å². The predicted octanol–water partition coefficient (Wildman–Crippen LogP) is 2.62. The van der Waals surface area contributed by atoms with Crippen LogP contribution in [0.15, 0.2) is 48.1 Å². The molecule has 1 heterocycles. The quantitative estimate of drug-likeness (QED) is 0.683. The summed E-state index contributed by atoms with van der Waals surface area (Å²) in [5, 5.41) is 2.17. The standard InChI is InChI=1S/C16H14F3NO3/c1-2-23-14(22)15(16(17,18)19)12(10-21)8-9-13(20-15)11-6-4-3-5-7-11/h3-10,20H,2H2,1H3. The van der Waals surface area contributed by atoms with Crippen molar-refractivity contribution in [2.75, 3.05) is 6.61 Å². The van der Waals surface area contributed by atoms with Crippen LogP contribution in [0.5, 0.6) is 0 Å². The van der Waals surface area contributed by atoms with Crippen LogP contribution in [0.1, 0.15) is 12.5 Å². The smallest absolute Gasteiger partial charge is 0.426 e. The minimum Gasteiger partial charge on any atom is -0.464 e.